The highest BCUT2D eigenvalue weighted by Gasteiger charge is 2.24. The predicted molar refractivity (Wildman–Crippen MR) is 66.8 cm³/mol. The van der Waals surface area contributed by atoms with E-state index in [1.165, 1.54) is 4.90 Å². The van der Waals surface area contributed by atoms with Crippen LogP contribution in [0, 0.1) is 0 Å². The Morgan fingerprint density at radius 3 is 2.89 bits per heavy atom. The molecule has 0 bridgehead atoms. The highest BCUT2D eigenvalue weighted by Crippen LogP contribution is 2.09. The summed E-state index contributed by atoms with van der Waals surface area (Å²) in [5.74, 6) is 0.00909. The van der Waals surface area contributed by atoms with Crippen LogP contribution >= 0.6 is 0 Å². The maximum atomic E-state index is 12.2. The van der Waals surface area contributed by atoms with Crippen LogP contribution in [0.1, 0.15) is 16.9 Å². The van der Waals surface area contributed by atoms with Gasteiger partial charge in [-0.05, 0) is 18.6 Å². The molecule has 0 aromatic carbocycles. The first kappa shape index (κ1) is 12.3. The topological polar surface area (TPSA) is 79.5 Å². The fourth-order valence-corrected chi connectivity index (χ4v) is 1.89. The third-order valence-electron chi connectivity index (χ3n) is 2.95. The first-order valence-electron chi connectivity index (χ1n) is 5.83. The summed E-state index contributed by atoms with van der Waals surface area (Å²) < 4.78 is 0. The molecule has 1 aromatic heterocycles. The van der Waals surface area contributed by atoms with Gasteiger partial charge < -0.3 is 15.5 Å². The zero-order valence-electron chi connectivity index (χ0n) is 10.3. The van der Waals surface area contributed by atoms with Crippen molar-refractivity contribution in [3.05, 3.63) is 23.9 Å². The summed E-state index contributed by atoms with van der Waals surface area (Å²) in [4.78, 5) is 31.1. The van der Waals surface area contributed by atoms with E-state index in [9.17, 15) is 9.59 Å². The van der Waals surface area contributed by atoms with Gasteiger partial charge in [-0.25, -0.2) is 4.98 Å². The van der Waals surface area contributed by atoms with E-state index in [4.69, 9.17) is 5.73 Å². The van der Waals surface area contributed by atoms with Gasteiger partial charge in [0.05, 0.1) is 0 Å². The first-order chi connectivity index (χ1) is 8.58. The van der Waals surface area contributed by atoms with Gasteiger partial charge in [-0.3, -0.25) is 9.59 Å². The van der Waals surface area contributed by atoms with Crippen LogP contribution in [-0.2, 0) is 4.79 Å². The number of carbonyl (C=O) groups excluding carboxylic acids is 2. The molecule has 18 heavy (non-hydrogen) atoms. The molecule has 1 aliphatic rings. The third kappa shape index (κ3) is 2.58. The number of nitrogens with zero attached hydrogens (tertiary/aromatic N) is 3. The summed E-state index contributed by atoms with van der Waals surface area (Å²) >= 11 is 0. The van der Waals surface area contributed by atoms with Gasteiger partial charge in [0, 0.05) is 20.1 Å². The normalized spacial score (nSPS) is 16.6. The Morgan fingerprint density at radius 1 is 1.39 bits per heavy atom. The van der Waals surface area contributed by atoms with Crippen LogP contribution in [0.5, 0.6) is 0 Å². The molecule has 1 aliphatic heterocycles. The van der Waals surface area contributed by atoms with Crippen LogP contribution in [0.2, 0.25) is 0 Å². The van der Waals surface area contributed by atoms with E-state index in [1.807, 2.05) is 0 Å². The molecule has 1 fully saturated rings. The van der Waals surface area contributed by atoms with Crippen molar-refractivity contribution < 1.29 is 9.59 Å². The number of pyridine rings is 1. The number of anilines is 1. The van der Waals surface area contributed by atoms with Crippen LogP contribution in [0.15, 0.2) is 18.2 Å². The van der Waals surface area contributed by atoms with Gasteiger partial charge >= 0.3 is 0 Å². The summed E-state index contributed by atoms with van der Waals surface area (Å²) in [5, 5.41) is 0. The summed E-state index contributed by atoms with van der Waals surface area (Å²) in [5.41, 5.74) is 5.83. The maximum Gasteiger partial charge on any atom is 0.273 e. The Kier molecular flexibility index (Phi) is 3.45. The molecule has 0 saturated carbocycles. The van der Waals surface area contributed by atoms with Crippen molar-refractivity contribution in [2.75, 3.05) is 32.4 Å². The number of hydrogen-bond acceptors (Lipinski definition) is 4. The molecule has 2 rings (SSSR count). The average Bonchev–Trinajstić information content (AvgIpc) is 2.51. The summed E-state index contributed by atoms with van der Waals surface area (Å²) in [7, 11) is 1.75. The second-order valence-corrected chi connectivity index (χ2v) is 4.34. The highest BCUT2D eigenvalue weighted by molar-refractivity contribution is 5.95. The molecule has 0 atom stereocenters. The molecule has 6 nitrogen and oxygen atoms in total. The lowest BCUT2D eigenvalue weighted by molar-refractivity contribution is -0.129. The van der Waals surface area contributed by atoms with E-state index in [0.717, 1.165) is 6.42 Å². The molecule has 0 radical (unpaired) electrons. The summed E-state index contributed by atoms with van der Waals surface area (Å²) in [6.45, 7) is 1.34. The number of carbonyl (C=O) groups is 2. The standard InChI is InChI=1S/C12H16N4O2/c1-15-6-3-7-16(8-11(15)17)12(18)9-4-2-5-10(13)14-9/h2,4-5H,3,6-8H2,1H3,(H2,13,14). The number of nitrogen functional groups attached to an aromatic ring is 1. The number of aromatic nitrogens is 1. The largest absolute Gasteiger partial charge is 0.384 e. The first-order valence-corrected chi connectivity index (χ1v) is 5.83. The van der Waals surface area contributed by atoms with Crippen molar-refractivity contribution in [3.63, 3.8) is 0 Å². The molecule has 6 heteroatoms. The van der Waals surface area contributed by atoms with Crippen molar-refractivity contribution in [1.29, 1.82) is 0 Å². The lowest BCUT2D eigenvalue weighted by Gasteiger charge is -2.19. The SMILES string of the molecule is CN1CCCN(C(=O)c2cccc(N)n2)CC1=O. The van der Waals surface area contributed by atoms with Gasteiger partial charge in [0.1, 0.15) is 18.1 Å². The van der Waals surface area contributed by atoms with E-state index < -0.39 is 0 Å². The smallest absolute Gasteiger partial charge is 0.273 e. The quantitative estimate of drug-likeness (QED) is 0.756. The highest BCUT2D eigenvalue weighted by atomic mass is 16.2. The van der Waals surface area contributed by atoms with Gasteiger partial charge in [-0.2, -0.15) is 0 Å². The number of rotatable bonds is 1. The minimum atomic E-state index is -0.244. The number of nitrogens with two attached hydrogens (primary N) is 1. The van der Waals surface area contributed by atoms with Gasteiger partial charge in [0.15, 0.2) is 0 Å². The second-order valence-electron chi connectivity index (χ2n) is 4.34. The lowest BCUT2D eigenvalue weighted by Crippen LogP contribution is -2.38. The van der Waals surface area contributed by atoms with E-state index >= 15 is 0 Å². The third-order valence-corrected chi connectivity index (χ3v) is 2.95. The molecular formula is C12H16N4O2. The Bertz CT molecular complexity index is 475. The van der Waals surface area contributed by atoms with Gasteiger partial charge in [0.25, 0.3) is 5.91 Å². The minimum absolute atomic E-state index is 0.0512. The van der Waals surface area contributed by atoms with Crippen molar-refractivity contribution in [2.24, 2.45) is 0 Å². The fraction of sp³-hybridized carbons (Fsp3) is 0.417. The van der Waals surface area contributed by atoms with Crippen molar-refractivity contribution in [3.8, 4) is 0 Å². The summed E-state index contributed by atoms with van der Waals surface area (Å²) in [6.07, 6.45) is 0.774. The van der Waals surface area contributed by atoms with Gasteiger partial charge in [0.2, 0.25) is 5.91 Å². The second kappa shape index (κ2) is 5.03. The van der Waals surface area contributed by atoms with E-state index in [-0.39, 0.29) is 24.1 Å². The molecule has 2 amide bonds. The maximum absolute atomic E-state index is 12.2. The molecule has 2 N–H and O–H groups in total. The van der Waals surface area contributed by atoms with Crippen LogP contribution in [0.4, 0.5) is 5.82 Å². The lowest BCUT2D eigenvalue weighted by atomic mass is 10.3. The summed E-state index contributed by atoms with van der Waals surface area (Å²) in [6, 6.07) is 4.91. The zero-order chi connectivity index (χ0) is 13.1. The van der Waals surface area contributed by atoms with Gasteiger partial charge in [-0.1, -0.05) is 6.07 Å². The Labute approximate surface area is 105 Å². The minimum Gasteiger partial charge on any atom is -0.384 e. The molecular weight excluding hydrogens is 232 g/mol. The number of hydrogen-bond donors (Lipinski definition) is 1. The molecule has 1 aromatic rings. The molecule has 2 heterocycles. The Morgan fingerprint density at radius 2 is 2.17 bits per heavy atom. The van der Waals surface area contributed by atoms with E-state index in [0.29, 0.717) is 18.9 Å². The molecule has 1 saturated heterocycles. The Balaban J connectivity index is 2.16. The molecule has 0 unspecified atom stereocenters. The van der Waals surface area contributed by atoms with Crippen molar-refractivity contribution in [1.82, 2.24) is 14.8 Å². The van der Waals surface area contributed by atoms with Crippen molar-refractivity contribution in [2.45, 2.75) is 6.42 Å². The molecule has 0 spiro atoms. The van der Waals surface area contributed by atoms with Crippen molar-refractivity contribution >= 4 is 17.6 Å². The van der Waals surface area contributed by atoms with E-state index in [1.54, 1.807) is 30.1 Å². The zero-order valence-corrected chi connectivity index (χ0v) is 10.3. The fourth-order valence-electron chi connectivity index (χ4n) is 1.89. The van der Waals surface area contributed by atoms with Crippen LogP contribution in [0.25, 0.3) is 0 Å². The predicted octanol–water partition coefficient (Wildman–Crippen LogP) is -0.0319. The monoisotopic (exact) mass is 248 g/mol. The molecule has 0 aliphatic carbocycles. The van der Waals surface area contributed by atoms with Gasteiger partial charge in [-0.15, -0.1) is 0 Å². The number of amides is 2. The van der Waals surface area contributed by atoms with Crippen LogP contribution < -0.4 is 5.73 Å². The Hall–Kier alpha value is -2.11. The van der Waals surface area contributed by atoms with Crippen LogP contribution in [0.3, 0.4) is 0 Å². The molecule has 96 valence electrons. The van der Waals surface area contributed by atoms with Crippen LogP contribution in [-0.4, -0.2) is 53.3 Å². The van der Waals surface area contributed by atoms with E-state index in [2.05, 4.69) is 4.98 Å². The number of likely N-dealkylation sites (N-methyl/N-ethyl adjacent to an activating group) is 1. The average molecular weight is 248 g/mol.